The first-order valence-electron chi connectivity index (χ1n) is 8.98. The Morgan fingerprint density at radius 3 is 2.68 bits per heavy atom. The van der Waals surface area contributed by atoms with Gasteiger partial charge in [0.25, 0.3) is 5.91 Å². The first-order chi connectivity index (χ1) is 13.4. The van der Waals surface area contributed by atoms with E-state index in [9.17, 15) is 9.59 Å². The monoisotopic (exact) mass is 401 g/mol. The van der Waals surface area contributed by atoms with Crippen LogP contribution >= 0.6 is 11.8 Å². The number of hydrogen-bond acceptors (Lipinski definition) is 6. The van der Waals surface area contributed by atoms with E-state index in [4.69, 9.17) is 14.2 Å². The molecule has 0 radical (unpaired) electrons. The van der Waals surface area contributed by atoms with Gasteiger partial charge < -0.3 is 19.5 Å². The van der Waals surface area contributed by atoms with Gasteiger partial charge in [-0.1, -0.05) is 12.1 Å². The Labute approximate surface area is 168 Å². The first kappa shape index (κ1) is 20.1. The van der Waals surface area contributed by atoms with Gasteiger partial charge in [-0.2, -0.15) is 0 Å². The minimum Gasteiger partial charge on any atom is -0.454 e. The Morgan fingerprint density at radius 2 is 1.89 bits per heavy atom. The zero-order valence-electron chi connectivity index (χ0n) is 16.1. The molecule has 0 saturated carbocycles. The van der Waals surface area contributed by atoms with Gasteiger partial charge in [-0.05, 0) is 61.7 Å². The van der Waals surface area contributed by atoms with Crippen LogP contribution in [0.25, 0.3) is 0 Å². The van der Waals surface area contributed by atoms with Crippen molar-refractivity contribution >= 4 is 23.6 Å². The third-order valence-electron chi connectivity index (χ3n) is 4.42. The number of esters is 1. The van der Waals surface area contributed by atoms with Crippen molar-refractivity contribution in [2.75, 3.05) is 12.5 Å². The molecule has 2 aromatic carbocycles. The van der Waals surface area contributed by atoms with E-state index < -0.39 is 12.1 Å². The summed E-state index contributed by atoms with van der Waals surface area (Å²) in [6.07, 6.45) is -0.859. The highest BCUT2D eigenvalue weighted by atomic mass is 32.2. The van der Waals surface area contributed by atoms with Crippen LogP contribution < -0.4 is 14.8 Å². The van der Waals surface area contributed by atoms with Gasteiger partial charge in [-0.3, -0.25) is 9.59 Å². The molecule has 1 aliphatic rings. The van der Waals surface area contributed by atoms with Crippen molar-refractivity contribution in [3.05, 3.63) is 53.1 Å². The van der Waals surface area contributed by atoms with E-state index in [0.717, 1.165) is 10.5 Å². The number of ether oxygens (including phenoxy) is 3. The fourth-order valence-electron chi connectivity index (χ4n) is 2.61. The molecule has 0 unspecified atom stereocenters. The lowest BCUT2D eigenvalue weighted by Crippen LogP contribution is -2.35. The molecule has 0 bridgehead atoms. The maximum absolute atomic E-state index is 12.2. The summed E-state index contributed by atoms with van der Waals surface area (Å²) in [4.78, 5) is 25.2. The predicted molar refractivity (Wildman–Crippen MR) is 107 cm³/mol. The topological polar surface area (TPSA) is 73.9 Å². The van der Waals surface area contributed by atoms with Crippen LogP contribution in [-0.2, 0) is 20.9 Å². The number of fused-ring (bicyclic) bond motifs is 1. The number of nitrogens with one attached hydrogen (secondary N) is 1. The molecule has 1 aliphatic heterocycles. The van der Waals surface area contributed by atoms with Crippen LogP contribution in [0.1, 0.15) is 23.6 Å². The molecule has 0 saturated heterocycles. The highest BCUT2D eigenvalue weighted by Crippen LogP contribution is 2.32. The van der Waals surface area contributed by atoms with Gasteiger partial charge >= 0.3 is 5.97 Å². The van der Waals surface area contributed by atoms with E-state index >= 15 is 0 Å². The van der Waals surface area contributed by atoms with Gasteiger partial charge in [-0.25, -0.2) is 0 Å². The molecular weight excluding hydrogens is 378 g/mol. The Morgan fingerprint density at radius 1 is 1.11 bits per heavy atom. The molecule has 1 heterocycles. The Bertz CT molecular complexity index is 883. The second-order valence-corrected chi connectivity index (χ2v) is 7.62. The lowest BCUT2D eigenvalue weighted by molar-refractivity contribution is -0.152. The van der Waals surface area contributed by atoms with Crippen molar-refractivity contribution in [3.63, 3.8) is 0 Å². The molecule has 148 valence electrons. The van der Waals surface area contributed by atoms with Gasteiger partial charge in [0.15, 0.2) is 17.6 Å². The number of carbonyl (C=O) groups is 2. The highest BCUT2D eigenvalue weighted by molar-refractivity contribution is 8.00. The van der Waals surface area contributed by atoms with Crippen LogP contribution in [0.15, 0.2) is 41.3 Å². The average molecular weight is 401 g/mol. The molecule has 3 rings (SSSR count). The minimum absolute atomic E-state index is 0.155. The predicted octanol–water partition coefficient (Wildman–Crippen LogP) is 3.37. The van der Waals surface area contributed by atoms with Gasteiger partial charge in [0.05, 0.1) is 5.75 Å². The average Bonchev–Trinajstić information content (AvgIpc) is 3.14. The van der Waals surface area contributed by atoms with Crippen LogP contribution in [0.5, 0.6) is 11.5 Å². The van der Waals surface area contributed by atoms with E-state index in [-0.39, 0.29) is 18.5 Å². The van der Waals surface area contributed by atoms with Crippen LogP contribution in [0.2, 0.25) is 0 Å². The smallest absolute Gasteiger partial charge is 0.317 e. The third kappa shape index (κ3) is 5.19. The zero-order chi connectivity index (χ0) is 20.1. The summed E-state index contributed by atoms with van der Waals surface area (Å²) < 4.78 is 15.8. The number of amides is 1. The molecule has 1 amide bonds. The number of carbonyl (C=O) groups excluding carboxylic acids is 2. The van der Waals surface area contributed by atoms with Crippen LogP contribution in [0.4, 0.5) is 0 Å². The molecular formula is C21H23NO5S. The van der Waals surface area contributed by atoms with Crippen molar-refractivity contribution in [1.29, 1.82) is 0 Å². The fourth-order valence-corrected chi connectivity index (χ4v) is 3.39. The number of hydrogen-bond donors (Lipinski definition) is 1. The molecule has 28 heavy (non-hydrogen) atoms. The second kappa shape index (κ2) is 9.01. The molecule has 1 atom stereocenters. The molecule has 7 heteroatoms. The summed E-state index contributed by atoms with van der Waals surface area (Å²) >= 11 is 1.39. The molecule has 0 aliphatic carbocycles. The van der Waals surface area contributed by atoms with Gasteiger partial charge in [0.2, 0.25) is 6.79 Å². The van der Waals surface area contributed by atoms with E-state index in [0.29, 0.717) is 18.0 Å². The second-order valence-electron chi connectivity index (χ2n) is 6.57. The molecule has 2 aromatic rings. The van der Waals surface area contributed by atoms with Crippen molar-refractivity contribution in [2.24, 2.45) is 0 Å². The van der Waals surface area contributed by atoms with Crippen LogP contribution in [-0.4, -0.2) is 30.5 Å². The van der Waals surface area contributed by atoms with E-state index in [2.05, 4.69) is 5.32 Å². The van der Waals surface area contributed by atoms with Crippen molar-refractivity contribution in [1.82, 2.24) is 5.32 Å². The quantitative estimate of drug-likeness (QED) is 0.566. The van der Waals surface area contributed by atoms with Crippen molar-refractivity contribution < 1.29 is 23.8 Å². The number of aryl methyl sites for hydroxylation is 2. The summed E-state index contributed by atoms with van der Waals surface area (Å²) in [7, 11) is 0. The van der Waals surface area contributed by atoms with Crippen LogP contribution in [0.3, 0.4) is 0 Å². The lowest BCUT2D eigenvalue weighted by atomic mass is 10.1. The highest BCUT2D eigenvalue weighted by Gasteiger charge is 2.18. The SMILES string of the molecule is Cc1ccc(SCC(=O)O[C@H](C)C(=O)NCc2ccc3c(c2)OCO3)cc1C. The Balaban J connectivity index is 1.43. The lowest BCUT2D eigenvalue weighted by Gasteiger charge is -2.14. The number of thioether (sulfide) groups is 1. The summed E-state index contributed by atoms with van der Waals surface area (Å²) in [5.41, 5.74) is 3.26. The molecule has 0 fully saturated rings. The summed E-state index contributed by atoms with van der Waals surface area (Å²) in [5.74, 6) is 0.742. The third-order valence-corrected chi connectivity index (χ3v) is 5.38. The largest absolute Gasteiger partial charge is 0.454 e. The normalized spacial score (nSPS) is 13.1. The van der Waals surface area contributed by atoms with Gasteiger partial charge in [0.1, 0.15) is 0 Å². The zero-order valence-corrected chi connectivity index (χ0v) is 16.9. The van der Waals surface area contributed by atoms with Gasteiger partial charge in [-0.15, -0.1) is 11.8 Å². The van der Waals surface area contributed by atoms with Crippen molar-refractivity contribution in [2.45, 2.75) is 38.3 Å². The molecule has 1 N–H and O–H groups in total. The van der Waals surface area contributed by atoms with E-state index in [1.807, 2.05) is 44.2 Å². The van der Waals surface area contributed by atoms with Gasteiger partial charge in [0, 0.05) is 11.4 Å². The molecule has 0 spiro atoms. The maximum atomic E-state index is 12.2. The molecule has 6 nitrogen and oxygen atoms in total. The van der Waals surface area contributed by atoms with Crippen LogP contribution in [0, 0.1) is 13.8 Å². The standard InChI is InChI=1S/C21H23NO5S/c1-13-4-6-17(8-14(13)2)28-11-20(23)27-15(3)21(24)22-10-16-5-7-18-19(9-16)26-12-25-18/h4-9,15H,10-12H2,1-3H3,(H,22,24)/t15-/m1/s1. The summed E-state index contributed by atoms with van der Waals surface area (Å²) in [5, 5.41) is 2.76. The summed E-state index contributed by atoms with van der Waals surface area (Å²) in [6.45, 7) is 6.16. The fraction of sp³-hybridized carbons (Fsp3) is 0.333. The number of rotatable bonds is 7. The van der Waals surface area contributed by atoms with Crippen molar-refractivity contribution in [3.8, 4) is 11.5 Å². The Hall–Kier alpha value is -2.67. The number of benzene rings is 2. The van der Waals surface area contributed by atoms with E-state index in [1.54, 1.807) is 13.0 Å². The Kier molecular flexibility index (Phi) is 6.46. The first-order valence-corrected chi connectivity index (χ1v) is 9.96. The van der Waals surface area contributed by atoms with E-state index in [1.165, 1.54) is 22.9 Å². The maximum Gasteiger partial charge on any atom is 0.317 e. The molecule has 0 aromatic heterocycles. The summed E-state index contributed by atoms with van der Waals surface area (Å²) in [6, 6.07) is 11.5. The minimum atomic E-state index is -0.859.